The van der Waals surface area contributed by atoms with Crippen LogP contribution >= 0.6 is 0 Å². The van der Waals surface area contributed by atoms with Crippen LogP contribution in [0.5, 0.6) is 0 Å². The van der Waals surface area contributed by atoms with Crippen molar-refractivity contribution in [2.75, 3.05) is 0 Å². The minimum Gasteiger partial charge on any atom is -0.0654 e. The summed E-state index contributed by atoms with van der Waals surface area (Å²) in [7, 11) is 0. The highest BCUT2D eigenvalue weighted by Crippen LogP contribution is 2.38. The first-order valence-corrected chi connectivity index (χ1v) is 7.96. The Balaban J connectivity index is 2.29. The van der Waals surface area contributed by atoms with Crippen LogP contribution in [0.3, 0.4) is 0 Å². The zero-order valence-corrected chi connectivity index (χ0v) is 12.8. The minimum atomic E-state index is 0.630. The number of hydrogen-bond donors (Lipinski definition) is 0. The molecule has 0 heterocycles. The van der Waals surface area contributed by atoms with Crippen molar-refractivity contribution < 1.29 is 0 Å². The lowest BCUT2D eigenvalue weighted by atomic mass is 9.77. The molecule has 2 unspecified atom stereocenters. The molecule has 0 aliphatic carbocycles. The van der Waals surface area contributed by atoms with Gasteiger partial charge in [-0.05, 0) is 35.8 Å². The molecule has 0 bridgehead atoms. The highest BCUT2D eigenvalue weighted by molar-refractivity contribution is 5.28. The van der Waals surface area contributed by atoms with Gasteiger partial charge in [-0.3, -0.25) is 0 Å². The summed E-state index contributed by atoms with van der Waals surface area (Å²) in [6, 6.07) is 22.1. The molecule has 0 nitrogen and oxygen atoms in total. The molecule has 2 aromatic rings. The molecule has 20 heavy (non-hydrogen) atoms. The van der Waals surface area contributed by atoms with E-state index < -0.39 is 0 Å². The van der Waals surface area contributed by atoms with Crippen molar-refractivity contribution in [1.82, 2.24) is 0 Å². The van der Waals surface area contributed by atoms with Crippen LogP contribution in [-0.4, -0.2) is 0 Å². The first kappa shape index (κ1) is 14.8. The van der Waals surface area contributed by atoms with Crippen molar-refractivity contribution in [3.63, 3.8) is 0 Å². The van der Waals surface area contributed by atoms with Gasteiger partial charge in [0, 0.05) is 0 Å². The van der Waals surface area contributed by atoms with Gasteiger partial charge in [0.05, 0.1) is 0 Å². The van der Waals surface area contributed by atoms with E-state index in [2.05, 4.69) is 74.5 Å². The summed E-state index contributed by atoms with van der Waals surface area (Å²) < 4.78 is 0. The van der Waals surface area contributed by atoms with Crippen molar-refractivity contribution in [3.05, 3.63) is 71.8 Å². The lowest BCUT2D eigenvalue weighted by molar-refractivity contribution is 0.476. The summed E-state index contributed by atoms with van der Waals surface area (Å²) in [4.78, 5) is 0. The summed E-state index contributed by atoms with van der Waals surface area (Å²) in [5.41, 5.74) is 2.98. The lowest BCUT2D eigenvalue weighted by Crippen LogP contribution is -2.11. The van der Waals surface area contributed by atoms with Gasteiger partial charge in [-0.1, -0.05) is 87.4 Å². The second-order valence-corrected chi connectivity index (χ2v) is 5.58. The molecular weight excluding hydrogens is 240 g/mol. The van der Waals surface area contributed by atoms with E-state index in [1.165, 1.54) is 36.8 Å². The molecule has 0 heteroatoms. The standard InChI is InChI=1S/C20H26/c1-3-5-16-20(18-14-10-7-11-15-18)19(4-2)17-12-8-6-9-13-17/h6-15,19-20H,3-5,16H2,1-2H3. The Morgan fingerprint density at radius 3 is 1.65 bits per heavy atom. The third-order valence-electron chi connectivity index (χ3n) is 4.25. The fourth-order valence-corrected chi connectivity index (χ4v) is 3.18. The van der Waals surface area contributed by atoms with Crippen molar-refractivity contribution in [2.45, 2.75) is 51.4 Å². The van der Waals surface area contributed by atoms with Gasteiger partial charge in [-0.15, -0.1) is 0 Å². The molecule has 2 rings (SSSR count). The van der Waals surface area contributed by atoms with Crippen LogP contribution in [0.15, 0.2) is 60.7 Å². The zero-order chi connectivity index (χ0) is 14.2. The molecule has 2 atom stereocenters. The first-order valence-electron chi connectivity index (χ1n) is 7.96. The second-order valence-electron chi connectivity index (χ2n) is 5.58. The molecule has 0 aromatic heterocycles. The molecule has 106 valence electrons. The first-order chi connectivity index (χ1) is 9.86. The van der Waals surface area contributed by atoms with Crippen molar-refractivity contribution in [1.29, 1.82) is 0 Å². The summed E-state index contributed by atoms with van der Waals surface area (Å²) in [5, 5.41) is 0. The maximum atomic E-state index is 2.32. The molecule has 0 N–H and O–H groups in total. The van der Waals surface area contributed by atoms with Gasteiger partial charge in [-0.2, -0.15) is 0 Å². The maximum Gasteiger partial charge on any atom is -0.00932 e. The van der Waals surface area contributed by atoms with E-state index >= 15 is 0 Å². The van der Waals surface area contributed by atoms with E-state index in [0.29, 0.717) is 11.8 Å². The van der Waals surface area contributed by atoms with Crippen LogP contribution < -0.4 is 0 Å². The molecule has 0 saturated carbocycles. The van der Waals surface area contributed by atoms with Crippen molar-refractivity contribution in [3.8, 4) is 0 Å². The highest BCUT2D eigenvalue weighted by atomic mass is 14.3. The lowest BCUT2D eigenvalue weighted by Gasteiger charge is -2.27. The molecule has 2 aromatic carbocycles. The third-order valence-corrected chi connectivity index (χ3v) is 4.25. The van der Waals surface area contributed by atoms with E-state index in [9.17, 15) is 0 Å². The fraction of sp³-hybridized carbons (Fsp3) is 0.400. The molecule has 0 radical (unpaired) electrons. The number of hydrogen-bond acceptors (Lipinski definition) is 0. The van der Waals surface area contributed by atoms with E-state index in [1.54, 1.807) is 0 Å². The normalized spacial score (nSPS) is 13.9. The highest BCUT2D eigenvalue weighted by Gasteiger charge is 2.22. The van der Waals surface area contributed by atoms with Crippen molar-refractivity contribution in [2.24, 2.45) is 0 Å². The summed E-state index contributed by atoms with van der Waals surface area (Å²) in [6.07, 6.45) is 5.07. The molecule has 0 fully saturated rings. The summed E-state index contributed by atoms with van der Waals surface area (Å²) in [5.74, 6) is 1.27. The molecule has 0 spiro atoms. The van der Waals surface area contributed by atoms with Gasteiger partial charge in [-0.25, -0.2) is 0 Å². The zero-order valence-electron chi connectivity index (χ0n) is 12.8. The average Bonchev–Trinajstić information content (AvgIpc) is 2.53. The smallest absolute Gasteiger partial charge is 0.00932 e. The van der Waals surface area contributed by atoms with Crippen LogP contribution in [-0.2, 0) is 0 Å². The summed E-state index contributed by atoms with van der Waals surface area (Å²) in [6.45, 7) is 4.60. The van der Waals surface area contributed by atoms with Crippen LogP contribution in [0.1, 0.15) is 62.5 Å². The van der Waals surface area contributed by atoms with Gasteiger partial charge >= 0.3 is 0 Å². The Kier molecular flexibility index (Phi) is 5.86. The third kappa shape index (κ3) is 3.72. The summed E-state index contributed by atoms with van der Waals surface area (Å²) >= 11 is 0. The van der Waals surface area contributed by atoms with Gasteiger partial charge in [0.2, 0.25) is 0 Å². The molecular formula is C20H26. The Morgan fingerprint density at radius 1 is 0.700 bits per heavy atom. The van der Waals surface area contributed by atoms with Gasteiger partial charge in [0.25, 0.3) is 0 Å². The van der Waals surface area contributed by atoms with Crippen LogP contribution in [0, 0.1) is 0 Å². The molecule has 0 amide bonds. The van der Waals surface area contributed by atoms with Crippen LogP contribution in [0.2, 0.25) is 0 Å². The molecule has 0 aliphatic rings. The predicted octanol–water partition coefficient (Wildman–Crippen LogP) is 6.15. The largest absolute Gasteiger partial charge is 0.0654 e. The average molecular weight is 266 g/mol. The van der Waals surface area contributed by atoms with Gasteiger partial charge in [0.1, 0.15) is 0 Å². The topological polar surface area (TPSA) is 0 Å². The van der Waals surface area contributed by atoms with Crippen LogP contribution in [0.4, 0.5) is 0 Å². The predicted molar refractivity (Wildman–Crippen MR) is 88.2 cm³/mol. The molecule has 0 aliphatic heterocycles. The maximum absolute atomic E-state index is 2.32. The number of unbranched alkanes of at least 4 members (excludes halogenated alkanes) is 1. The van der Waals surface area contributed by atoms with E-state index in [-0.39, 0.29) is 0 Å². The van der Waals surface area contributed by atoms with Gasteiger partial charge < -0.3 is 0 Å². The van der Waals surface area contributed by atoms with Crippen molar-refractivity contribution >= 4 is 0 Å². The van der Waals surface area contributed by atoms with Gasteiger partial charge in [0.15, 0.2) is 0 Å². The Morgan fingerprint density at radius 2 is 1.20 bits per heavy atom. The van der Waals surface area contributed by atoms with E-state index in [0.717, 1.165) is 0 Å². The quantitative estimate of drug-likeness (QED) is 0.563. The Bertz CT molecular complexity index is 472. The van der Waals surface area contributed by atoms with Crippen LogP contribution in [0.25, 0.3) is 0 Å². The number of benzene rings is 2. The fourth-order valence-electron chi connectivity index (χ4n) is 3.18. The minimum absolute atomic E-state index is 0.630. The second kappa shape index (κ2) is 7.89. The monoisotopic (exact) mass is 266 g/mol. The van der Waals surface area contributed by atoms with E-state index in [4.69, 9.17) is 0 Å². The number of rotatable bonds is 7. The Labute approximate surface area is 123 Å². The van der Waals surface area contributed by atoms with E-state index in [1.807, 2.05) is 0 Å². The Hall–Kier alpha value is -1.56. The SMILES string of the molecule is CCCCC(c1ccccc1)C(CC)c1ccccc1. The molecule has 0 saturated heterocycles.